The zero-order valence-corrected chi connectivity index (χ0v) is 13.6. The van der Waals surface area contributed by atoms with Crippen LogP contribution in [-0.2, 0) is 11.4 Å². The Kier molecular flexibility index (Phi) is 5.31. The van der Waals surface area contributed by atoms with Gasteiger partial charge >= 0.3 is 6.03 Å². The number of alkyl halides is 1. The first-order chi connectivity index (χ1) is 11.4. The predicted molar refractivity (Wildman–Crippen MR) is 84.6 cm³/mol. The summed E-state index contributed by atoms with van der Waals surface area (Å²) in [6.45, 7) is 2.94. The molecule has 1 aromatic rings. The van der Waals surface area contributed by atoms with E-state index in [1.54, 1.807) is 0 Å². The Hall–Kier alpha value is -2.72. The van der Waals surface area contributed by atoms with Crippen LogP contribution in [0, 0.1) is 17.2 Å². The third kappa shape index (κ3) is 3.44. The Balaban J connectivity index is 2.57. The molecule has 6 nitrogen and oxygen atoms in total. The molecule has 1 unspecified atom stereocenters. The number of Topliss-reactive ketones (excluding diaryl/α,β-unsaturated/α-hetero) is 1. The SMILES string of the molecule is COC1NC(=O)NC(C(=O)c2cc(C#N)cc(CF)c2)=C1C(C)C. The molecule has 1 aliphatic rings. The Morgan fingerprint density at radius 3 is 2.67 bits per heavy atom. The van der Waals surface area contributed by atoms with E-state index in [1.165, 1.54) is 25.3 Å². The molecular formula is C17H18FN3O3. The second kappa shape index (κ2) is 7.23. The summed E-state index contributed by atoms with van der Waals surface area (Å²) in [5.41, 5.74) is 1.25. The summed E-state index contributed by atoms with van der Waals surface area (Å²) in [7, 11) is 1.43. The van der Waals surface area contributed by atoms with Gasteiger partial charge < -0.3 is 15.4 Å². The fourth-order valence-electron chi connectivity index (χ4n) is 2.62. The average molecular weight is 331 g/mol. The van der Waals surface area contributed by atoms with Gasteiger partial charge in [-0.05, 0) is 29.7 Å². The van der Waals surface area contributed by atoms with Gasteiger partial charge in [0.15, 0.2) is 6.23 Å². The average Bonchev–Trinajstić information content (AvgIpc) is 2.59. The van der Waals surface area contributed by atoms with E-state index in [0.29, 0.717) is 5.57 Å². The Bertz CT molecular complexity index is 750. The number of ether oxygens (including phenoxy) is 1. The zero-order chi connectivity index (χ0) is 17.9. The van der Waals surface area contributed by atoms with Gasteiger partial charge in [-0.25, -0.2) is 9.18 Å². The van der Waals surface area contributed by atoms with Crippen LogP contribution in [0.1, 0.15) is 35.3 Å². The number of hydrogen-bond acceptors (Lipinski definition) is 4. The molecule has 0 fully saturated rings. The number of nitrogens with zero attached hydrogens (tertiary/aromatic N) is 1. The summed E-state index contributed by atoms with van der Waals surface area (Å²) in [6.07, 6.45) is -0.725. The maximum absolute atomic E-state index is 13.0. The normalized spacial score (nSPS) is 17.3. The molecule has 0 radical (unpaired) electrons. The highest BCUT2D eigenvalue weighted by molar-refractivity contribution is 6.11. The maximum atomic E-state index is 13.0. The smallest absolute Gasteiger partial charge is 0.321 e. The number of carbonyl (C=O) groups is 2. The second-order valence-electron chi connectivity index (χ2n) is 5.69. The number of benzene rings is 1. The predicted octanol–water partition coefficient (Wildman–Crippen LogP) is 2.41. The van der Waals surface area contributed by atoms with E-state index in [1.807, 2.05) is 19.9 Å². The fraction of sp³-hybridized carbons (Fsp3) is 0.353. The van der Waals surface area contributed by atoms with Gasteiger partial charge in [-0.1, -0.05) is 13.8 Å². The molecule has 2 amide bonds. The van der Waals surface area contributed by atoms with Crippen molar-refractivity contribution in [2.75, 3.05) is 7.11 Å². The molecule has 0 spiro atoms. The van der Waals surface area contributed by atoms with Crippen LogP contribution in [0.4, 0.5) is 9.18 Å². The zero-order valence-electron chi connectivity index (χ0n) is 13.6. The molecule has 7 heteroatoms. The Morgan fingerprint density at radius 1 is 1.42 bits per heavy atom. The lowest BCUT2D eigenvalue weighted by atomic mass is 9.92. The minimum Gasteiger partial charge on any atom is -0.358 e. The number of allylic oxidation sites excluding steroid dienone is 1. The standard InChI is InChI=1S/C17H18FN3O3/c1-9(2)13-14(20-17(23)21-16(13)24-3)15(22)12-5-10(7-18)4-11(6-12)8-19/h4-6,9,16H,7H2,1-3H3,(H2,20,21,23). The molecule has 1 aromatic carbocycles. The number of amides is 2. The number of nitriles is 1. The van der Waals surface area contributed by atoms with Crippen LogP contribution >= 0.6 is 0 Å². The third-order valence-electron chi connectivity index (χ3n) is 3.70. The fourth-order valence-corrected chi connectivity index (χ4v) is 2.62. The van der Waals surface area contributed by atoms with Gasteiger partial charge in [0.25, 0.3) is 0 Å². The molecule has 2 N–H and O–H groups in total. The van der Waals surface area contributed by atoms with Crippen LogP contribution in [0.25, 0.3) is 0 Å². The van der Waals surface area contributed by atoms with Crippen LogP contribution in [-0.4, -0.2) is 25.2 Å². The monoisotopic (exact) mass is 331 g/mol. The summed E-state index contributed by atoms with van der Waals surface area (Å²) in [4.78, 5) is 24.7. The lowest BCUT2D eigenvalue weighted by molar-refractivity contribution is 0.0892. The van der Waals surface area contributed by atoms with Gasteiger partial charge in [0.1, 0.15) is 6.67 Å². The van der Waals surface area contributed by atoms with Gasteiger partial charge in [-0.2, -0.15) is 5.26 Å². The highest BCUT2D eigenvalue weighted by Crippen LogP contribution is 2.24. The van der Waals surface area contributed by atoms with E-state index in [0.717, 1.165) is 0 Å². The van der Waals surface area contributed by atoms with E-state index in [4.69, 9.17) is 10.00 Å². The number of hydrogen-bond donors (Lipinski definition) is 2. The minimum absolute atomic E-state index is 0.0817. The lowest BCUT2D eigenvalue weighted by Gasteiger charge is -2.30. The van der Waals surface area contributed by atoms with Gasteiger partial charge in [-0.3, -0.25) is 4.79 Å². The molecule has 0 bridgehead atoms. The number of ketones is 1. The van der Waals surface area contributed by atoms with Crippen molar-refractivity contribution in [3.05, 3.63) is 46.2 Å². The van der Waals surface area contributed by atoms with Crippen molar-refractivity contribution >= 4 is 11.8 Å². The lowest BCUT2D eigenvalue weighted by Crippen LogP contribution is -2.51. The van der Waals surface area contributed by atoms with E-state index in [-0.39, 0.29) is 28.3 Å². The number of nitrogens with one attached hydrogen (secondary N) is 2. The molecule has 0 saturated heterocycles. The molecule has 0 aliphatic carbocycles. The van der Waals surface area contributed by atoms with Crippen molar-refractivity contribution in [2.45, 2.75) is 26.7 Å². The van der Waals surface area contributed by atoms with Gasteiger partial charge in [0.2, 0.25) is 5.78 Å². The number of halogens is 1. The summed E-state index contributed by atoms with van der Waals surface area (Å²) >= 11 is 0. The quantitative estimate of drug-likeness (QED) is 0.811. The van der Waals surface area contributed by atoms with Crippen LogP contribution in [0.2, 0.25) is 0 Å². The van der Waals surface area contributed by atoms with Gasteiger partial charge in [0.05, 0.1) is 17.3 Å². The molecule has 126 valence electrons. The van der Waals surface area contributed by atoms with E-state index >= 15 is 0 Å². The third-order valence-corrected chi connectivity index (χ3v) is 3.70. The van der Waals surface area contributed by atoms with Crippen LogP contribution in [0.15, 0.2) is 29.5 Å². The molecule has 0 saturated carbocycles. The first-order valence-electron chi connectivity index (χ1n) is 7.40. The second-order valence-corrected chi connectivity index (χ2v) is 5.69. The van der Waals surface area contributed by atoms with Crippen molar-refractivity contribution in [1.29, 1.82) is 5.26 Å². The summed E-state index contributed by atoms with van der Waals surface area (Å²) in [5.74, 6) is -0.566. The number of methoxy groups -OCH3 is 1. The molecule has 2 rings (SSSR count). The summed E-state index contributed by atoms with van der Waals surface area (Å²) < 4.78 is 18.2. The van der Waals surface area contributed by atoms with Crippen molar-refractivity contribution in [1.82, 2.24) is 10.6 Å². The Labute approximate surface area is 139 Å². The van der Waals surface area contributed by atoms with Crippen molar-refractivity contribution in [2.24, 2.45) is 5.92 Å². The van der Waals surface area contributed by atoms with Crippen LogP contribution < -0.4 is 10.6 Å². The topological polar surface area (TPSA) is 91.2 Å². The first-order valence-corrected chi connectivity index (χ1v) is 7.40. The molecule has 1 heterocycles. The maximum Gasteiger partial charge on any atom is 0.321 e. The number of rotatable bonds is 5. The van der Waals surface area contributed by atoms with Crippen LogP contribution in [0.5, 0.6) is 0 Å². The molecule has 0 aromatic heterocycles. The highest BCUT2D eigenvalue weighted by Gasteiger charge is 2.32. The highest BCUT2D eigenvalue weighted by atomic mass is 19.1. The van der Waals surface area contributed by atoms with Crippen LogP contribution in [0.3, 0.4) is 0 Å². The summed E-state index contributed by atoms with van der Waals surface area (Å²) in [5, 5.41) is 14.1. The van der Waals surface area contributed by atoms with Gasteiger partial charge in [-0.15, -0.1) is 0 Å². The number of carbonyl (C=O) groups excluding carboxylic acids is 2. The number of urea groups is 1. The molecule has 24 heavy (non-hydrogen) atoms. The molecular weight excluding hydrogens is 313 g/mol. The first kappa shape index (κ1) is 17.6. The minimum atomic E-state index is -0.791. The van der Waals surface area contributed by atoms with Gasteiger partial charge in [0, 0.05) is 18.2 Å². The van der Waals surface area contributed by atoms with Crippen molar-refractivity contribution in [3.8, 4) is 6.07 Å². The molecule has 1 atom stereocenters. The Morgan fingerprint density at radius 2 is 2.12 bits per heavy atom. The summed E-state index contributed by atoms with van der Waals surface area (Å²) in [6, 6.07) is 5.48. The van der Waals surface area contributed by atoms with E-state index < -0.39 is 24.7 Å². The van der Waals surface area contributed by atoms with Crippen molar-refractivity contribution in [3.63, 3.8) is 0 Å². The molecule has 1 aliphatic heterocycles. The largest absolute Gasteiger partial charge is 0.358 e. The van der Waals surface area contributed by atoms with Crippen molar-refractivity contribution < 1.29 is 18.7 Å². The van der Waals surface area contributed by atoms with E-state index in [9.17, 15) is 14.0 Å². The van der Waals surface area contributed by atoms with E-state index in [2.05, 4.69) is 10.6 Å².